The monoisotopic (exact) mass is 312 g/mol. The van der Waals surface area contributed by atoms with Crippen molar-refractivity contribution in [1.29, 1.82) is 0 Å². The molecule has 0 radical (unpaired) electrons. The van der Waals surface area contributed by atoms with Crippen LogP contribution in [0.2, 0.25) is 0 Å². The molecule has 2 heterocycles. The fourth-order valence-electron chi connectivity index (χ4n) is 1.35. The van der Waals surface area contributed by atoms with E-state index >= 15 is 0 Å². The second kappa shape index (κ2) is 5.30. The molecule has 0 amide bonds. The molecule has 0 aliphatic carbocycles. The summed E-state index contributed by atoms with van der Waals surface area (Å²) in [4.78, 5) is 14.9. The van der Waals surface area contributed by atoms with Crippen LogP contribution in [0.3, 0.4) is 0 Å². The summed E-state index contributed by atoms with van der Waals surface area (Å²) in [7, 11) is 1.66. The first-order valence-corrected chi connectivity index (χ1v) is 5.95. The van der Waals surface area contributed by atoms with Gasteiger partial charge in [-0.15, -0.1) is 0 Å². The molecule has 0 aliphatic heterocycles. The first-order chi connectivity index (χ1) is 8.56. The molecule has 2 aromatic rings. The molecule has 0 bridgehead atoms. The molecule has 4 nitrogen and oxygen atoms in total. The van der Waals surface area contributed by atoms with E-state index in [4.69, 9.17) is 4.74 Å². The summed E-state index contributed by atoms with van der Waals surface area (Å²) in [5.41, 5.74) is 0.543. The fourth-order valence-corrected chi connectivity index (χ4v) is 1.66. The van der Waals surface area contributed by atoms with Gasteiger partial charge in [-0.05, 0) is 27.6 Å². The first kappa shape index (κ1) is 12.8. The van der Waals surface area contributed by atoms with E-state index < -0.39 is 5.95 Å². The van der Waals surface area contributed by atoms with Crippen LogP contribution in [0.25, 0.3) is 0 Å². The molecule has 0 saturated carbocycles. The topological polar surface area (TPSA) is 44.1 Å². The van der Waals surface area contributed by atoms with Crippen LogP contribution in [0.4, 0.5) is 4.39 Å². The van der Waals surface area contributed by atoms with Crippen LogP contribution in [0.1, 0.15) is 5.56 Å². The van der Waals surface area contributed by atoms with E-state index in [-0.39, 0.29) is 17.9 Å². The predicted molar refractivity (Wildman–Crippen MR) is 67.9 cm³/mol. The highest BCUT2D eigenvalue weighted by Gasteiger charge is 2.06. The Morgan fingerprint density at radius 3 is 3.00 bits per heavy atom. The summed E-state index contributed by atoms with van der Waals surface area (Å²) in [6.45, 7) is 0.116. The lowest BCUT2D eigenvalue weighted by atomic mass is 10.3. The van der Waals surface area contributed by atoms with Crippen molar-refractivity contribution in [3.63, 3.8) is 0 Å². The second-order valence-electron chi connectivity index (χ2n) is 3.72. The molecule has 0 fully saturated rings. The summed E-state index contributed by atoms with van der Waals surface area (Å²) in [6.07, 6.45) is 2.98. The number of nitrogens with zero attached hydrogens (tertiary/aromatic N) is 2. The average molecular weight is 313 g/mol. The summed E-state index contributed by atoms with van der Waals surface area (Å²) in [5.74, 6) is -0.632. The molecule has 18 heavy (non-hydrogen) atoms. The van der Waals surface area contributed by atoms with Gasteiger partial charge in [-0.25, -0.2) is 4.98 Å². The maximum atomic E-state index is 13.3. The zero-order chi connectivity index (χ0) is 13.1. The van der Waals surface area contributed by atoms with E-state index in [1.54, 1.807) is 19.3 Å². The molecule has 6 heteroatoms. The number of rotatable bonds is 3. The normalized spacial score (nSPS) is 10.4. The van der Waals surface area contributed by atoms with Gasteiger partial charge in [0.25, 0.3) is 11.5 Å². The number of aryl methyl sites for hydroxylation is 1. The van der Waals surface area contributed by atoms with Crippen LogP contribution in [0.15, 0.2) is 39.9 Å². The van der Waals surface area contributed by atoms with Crippen molar-refractivity contribution in [3.8, 4) is 5.75 Å². The Morgan fingerprint density at radius 2 is 2.28 bits per heavy atom. The highest BCUT2D eigenvalue weighted by molar-refractivity contribution is 9.10. The van der Waals surface area contributed by atoms with Crippen LogP contribution in [-0.2, 0) is 13.7 Å². The maximum absolute atomic E-state index is 13.3. The maximum Gasteiger partial charge on any atom is 0.255 e. The van der Waals surface area contributed by atoms with Gasteiger partial charge in [-0.3, -0.25) is 4.79 Å². The molecular formula is C12H10BrFN2O2. The summed E-state index contributed by atoms with van der Waals surface area (Å²) in [6, 6.07) is 4.68. The van der Waals surface area contributed by atoms with Gasteiger partial charge in [-0.2, -0.15) is 4.39 Å². The molecule has 2 aromatic heterocycles. The van der Waals surface area contributed by atoms with Crippen molar-refractivity contribution in [1.82, 2.24) is 9.55 Å². The third-order valence-corrected chi connectivity index (χ3v) is 2.77. The van der Waals surface area contributed by atoms with Crippen molar-refractivity contribution in [2.45, 2.75) is 6.61 Å². The highest BCUT2D eigenvalue weighted by Crippen LogP contribution is 2.20. The van der Waals surface area contributed by atoms with Crippen LogP contribution in [0.5, 0.6) is 5.75 Å². The minimum absolute atomic E-state index is 0.0463. The van der Waals surface area contributed by atoms with E-state index in [1.165, 1.54) is 22.9 Å². The Morgan fingerprint density at radius 1 is 1.50 bits per heavy atom. The molecule has 0 aliphatic rings. The molecule has 94 valence electrons. The van der Waals surface area contributed by atoms with E-state index in [1.807, 2.05) is 0 Å². The lowest BCUT2D eigenvalue weighted by Crippen LogP contribution is -2.15. The Kier molecular flexibility index (Phi) is 3.76. The van der Waals surface area contributed by atoms with E-state index in [9.17, 15) is 9.18 Å². The molecule has 0 spiro atoms. The second-order valence-corrected chi connectivity index (χ2v) is 4.63. The Labute approximate surface area is 111 Å². The average Bonchev–Trinajstić information content (AvgIpc) is 2.34. The van der Waals surface area contributed by atoms with Crippen molar-refractivity contribution in [2.75, 3.05) is 0 Å². The van der Waals surface area contributed by atoms with Crippen LogP contribution >= 0.6 is 15.9 Å². The van der Waals surface area contributed by atoms with Gasteiger partial charge in [0.05, 0.1) is 0 Å². The van der Waals surface area contributed by atoms with Gasteiger partial charge in [0.2, 0.25) is 0 Å². The van der Waals surface area contributed by atoms with Gasteiger partial charge >= 0.3 is 0 Å². The lowest BCUT2D eigenvalue weighted by molar-refractivity contribution is 0.285. The third kappa shape index (κ3) is 2.95. The SMILES string of the molecule is Cn1ccc(COc2cc(Br)cnc2F)cc1=O. The standard InChI is InChI=1S/C12H10BrFN2O2/c1-16-3-2-8(4-11(16)17)7-18-10-5-9(13)6-15-12(10)14/h2-6H,7H2,1H3. The molecule has 2 rings (SSSR count). The number of ether oxygens (including phenoxy) is 1. The predicted octanol–water partition coefficient (Wildman–Crippen LogP) is 2.26. The quantitative estimate of drug-likeness (QED) is 0.817. The number of hydrogen-bond acceptors (Lipinski definition) is 3. The number of aromatic nitrogens is 2. The summed E-state index contributed by atoms with van der Waals surface area (Å²) < 4.78 is 20.7. The van der Waals surface area contributed by atoms with Crippen molar-refractivity contribution >= 4 is 15.9 Å². The Bertz CT molecular complexity index is 628. The smallest absolute Gasteiger partial charge is 0.255 e. The molecule has 0 N–H and O–H groups in total. The lowest BCUT2D eigenvalue weighted by Gasteiger charge is -2.07. The van der Waals surface area contributed by atoms with Crippen LogP contribution < -0.4 is 10.3 Å². The van der Waals surface area contributed by atoms with Crippen LogP contribution in [0, 0.1) is 5.95 Å². The molecule has 0 saturated heterocycles. The highest BCUT2D eigenvalue weighted by atomic mass is 79.9. The summed E-state index contributed by atoms with van der Waals surface area (Å²) in [5, 5.41) is 0. The first-order valence-electron chi connectivity index (χ1n) is 5.15. The largest absolute Gasteiger partial charge is 0.484 e. The number of hydrogen-bond donors (Lipinski definition) is 0. The number of halogens is 2. The van der Waals surface area contributed by atoms with E-state index in [0.717, 1.165) is 0 Å². The molecule has 0 atom stereocenters. The van der Waals surface area contributed by atoms with Crippen molar-refractivity contribution < 1.29 is 9.13 Å². The molecule has 0 aromatic carbocycles. The van der Waals surface area contributed by atoms with Crippen molar-refractivity contribution in [2.24, 2.45) is 7.05 Å². The Hall–Kier alpha value is -1.69. The van der Waals surface area contributed by atoms with Gasteiger partial charge in [0.15, 0.2) is 5.75 Å². The van der Waals surface area contributed by atoms with E-state index in [2.05, 4.69) is 20.9 Å². The van der Waals surface area contributed by atoms with Gasteiger partial charge in [0.1, 0.15) is 6.61 Å². The molecule has 0 unspecified atom stereocenters. The van der Waals surface area contributed by atoms with Gasteiger partial charge in [0, 0.05) is 36.0 Å². The van der Waals surface area contributed by atoms with Crippen molar-refractivity contribution in [3.05, 3.63) is 56.9 Å². The Balaban J connectivity index is 2.13. The van der Waals surface area contributed by atoms with Crippen LogP contribution in [-0.4, -0.2) is 9.55 Å². The minimum atomic E-state index is -0.679. The third-order valence-electron chi connectivity index (χ3n) is 2.34. The van der Waals surface area contributed by atoms with Gasteiger partial charge in [-0.1, -0.05) is 0 Å². The minimum Gasteiger partial charge on any atom is -0.484 e. The molecular weight excluding hydrogens is 303 g/mol. The number of pyridine rings is 2. The zero-order valence-electron chi connectivity index (χ0n) is 9.56. The van der Waals surface area contributed by atoms with E-state index in [0.29, 0.717) is 10.0 Å². The summed E-state index contributed by atoms with van der Waals surface area (Å²) >= 11 is 3.18. The fraction of sp³-hybridized carbons (Fsp3) is 0.167. The van der Waals surface area contributed by atoms with Gasteiger partial charge < -0.3 is 9.30 Å². The zero-order valence-corrected chi connectivity index (χ0v) is 11.1.